The molecular formula is C12H9F2NO4. The Bertz CT molecular complexity index is 537. The number of carbonyl (C=O) groups excluding carboxylic acids is 2. The van der Waals surface area contributed by atoms with Crippen molar-refractivity contribution in [3.63, 3.8) is 0 Å². The van der Waals surface area contributed by atoms with E-state index in [0.29, 0.717) is 6.29 Å². The molecule has 0 atom stereocenters. The molecule has 1 aromatic carbocycles. The summed E-state index contributed by atoms with van der Waals surface area (Å²) in [6.07, 6.45) is 0.341. The Morgan fingerprint density at radius 3 is 2.68 bits per heavy atom. The predicted molar refractivity (Wildman–Crippen MR) is 59.1 cm³/mol. The predicted octanol–water partition coefficient (Wildman–Crippen LogP) is 2.15. The number of hydrogen-bond acceptors (Lipinski definition) is 5. The van der Waals surface area contributed by atoms with Crippen molar-refractivity contribution in [3.8, 4) is 11.8 Å². The van der Waals surface area contributed by atoms with E-state index in [0.717, 1.165) is 12.1 Å². The third kappa shape index (κ3) is 3.25. The van der Waals surface area contributed by atoms with Crippen molar-refractivity contribution in [2.24, 2.45) is 0 Å². The first kappa shape index (κ1) is 14.6. The Balaban J connectivity index is 3.44. The van der Waals surface area contributed by atoms with Gasteiger partial charge in [0.2, 0.25) is 0 Å². The average molecular weight is 269 g/mol. The standard InChI is InChI=1S/C12H9F2NO4/c1-2-18-11(17)10-8(5-15)7(6-16)3-4-9(10)19-12(13)14/h3-4,6,12H,2H2,1H3. The highest BCUT2D eigenvalue weighted by molar-refractivity contribution is 5.98. The fourth-order valence-electron chi connectivity index (χ4n) is 1.42. The summed E-state index contributed by atoms with van der Waals surface area (Å²) in [7, 11) is 0. The minimum absolute atomic E-state index is 0.0108. The SMILES string of the molecule is CCOC(=O)c1c(OC(F)F)ccc(C=O)c1C#N. The normalized spacial score (nSPS) is 9.84. The van der Waals surface area contributed by atoms with E-state index in [4.69, 9.17) is 5.26 Å². The minimum Gasteiger partial charge on any atom is -0.462 e. The van der Waals surface area contributed by atoms with Crippen LogP contribution in [0, 0.1) is 11.3 Å². The Labute approximate surface area is 107 Å². The maximum atomic E-state index is 12.2. The average Bonchev–Trinajstić information content (AvgIpc) is 2.37. The second-order valence-corrected chi connectivity index (χ2v) is 3.23. The molecule has 0 fully saturated rings. The topological polar surface area (TPSA) is 76.4 Å². The Kier molecular flexibility index (Phi) is 4.94. The molecule has 0 N–H and O–H groups in total. The van der Waals surface area contributed by atoms with E-state index in [1.165, 1.54) is 6.92 Å². The van der Waals surface area contributed by atoms with Crippen LogP contribution in [0.2, 0.25) is 0 Å². The van der Waals surface area contributed by atoms with E-state index >= 15 is 0 Å². The number of halogens is 2. The van der Waals surface area contributed by atoms with E-state index in [2.05, 4.69) is 9.47 Å². The van der Waals surface area contributed by atoms with Crippen molar-refractivity contribution in [2.75, 3.05) is 6.61 Å². The zero-order valence-corrected chi connectivity index (χ0v) is 9.85. The lowest BCUT2D eigenvalue weighted by atomic mass is 10.0. The zero-order chi connectivity index (χ0) is 14.4. The van der Waals surface area contributed by atoms with Crippen LogP contribution >= 0.6 is 0 Å². The molecule has 0 bridgehead atoms. The minimum atomic E-state index is -3.16. The molecule has 0 spiro atoms. The van der Waals surface area contributed by atoms with Crippen LogP contribution in [-0.4, -0.2) is 25.5 Å². The van der Waals surface area contributed by atoms with Crippen LogP contribution in [0.5, 0.6) is 5.75 Å². The number of nitrogens with zero attached hydrogens (tertiary/aromatic N) is 1. The van der Waals surface area contributed by atoms with Crippen LogP contribution < -0.4 is 4.74 Å². The highest BCUT2D eigenvalue weighted by Gasteiger charge is 2.23. The van der Waals surface area contributed by atoms with Crippen molar-refractivity contribution in [1.29, 1.82) is 5.26 Å². The summed E-state index contributed by atoms with van der Waals surface area (Å²) < 4.78 is 33.3. The van der Waals surface area contributed by atoms with Gasteiger partial charge in [-0.25, -0.2) is 4.79 Å². The Morgan fingerprint density at radius 2 is 2.21 bits per heavy atom. The number of esters is 1. The smallest absolute Gasteiger partial charge is 0.387 e. The van der Waals surface area contributed by atoms with Crippen LogP contribution in [0.3, 0.4) is 0 Å². The second kappa shape index (κ2) is 6.44. The van der Waals surface area contributed by atoms with Gasteiger partial charge in [-0.1, -0.05) is 0 Å². The second-order valence-electron chi connectivity index (χ2n) is 3.23. The zero-order valence-electron chi connectivity index (χ0n) is 9.85. The first-order valence-electron chi connectivity index (χ1n) is 5.19. The van der Waals surface area contributed by atoms with Gasteiger partial charge in [-0.2, -0.15) is 14.0 Å². The summed E-state index contributed by atoms with van der Waals surface area (Å²) >= 11 is 0. The maximum Gasteiger partial charge on any atom is 0.387 e. The summed E-state index contributed by atoms with van der Waals surface area (Å²) in [4.78, 5) is 22.4. The quantitative estimate of drug-likeness (QED) is 0.604. The van der Waals surface area contributed by atoms with E-state index in [-0.39, 0.29) is 17.7 Å². The molecule has 0 aliphatic carbocycles. The van der Waals surface area contributed by atoms with Gasteiger partial charge in [0.1, 0.15) is 17.4 Å². The summed E-state index contributed by atoms with van der Waals surface area (Å²) in [6, 6.07) is 3.74. The first-order valence-corrected chi connectivity index (χ1v) is 5.19. The lowest BCUT2D eigenvalue weighted by Crippen LogP contribution is -2.13. The number of rotatable bonds is 5. The van der Waals surface area contributed by atoms with Crippen LogP contribution in [0.25, 0.3) is 0 Å². The number of benzene rings is 1. The van der Waals surface area contributed by atoms with Crippen LogP contribution in [0.15, 0.2) is 12.1 Å². The van der Waals surface area contributed by atoms with Crippen molar-refractivity contribution in [2.45, 2.75) is 13.5 Å². The molecule has 0 aromatic heterocycles. The fraction of sp³-hybridized carbons (Fsp3) is 0.250. The van der Waals surface area contributed by atoms with Gasteiger partial charge in [0.15, 0.2) is 6.29 Å². The molecular weight excluding hydrogens is 260 g/mol. The van der Waals surface area contributed by atoms with Gasteiger partial charge in [-0.15, -0.1) is 0 Å². The summed E-state index contributed by atoms with van der Waals surface area (Å²) in [6.45, 7) is -1.66. The van der Waals surface area contributed by atoms with Gasteiger partial charge < -0.3 is 9.47 Å². The van der Waals surface area contributed by atoms with Gasteiger partial charge in [0, 0.05) is 5.56 Å². The molecule has 0 aliphatic heterocycles. The Hall–Kier alpha value is -2.49. The molecule has 19 heavy (non-hydrogen) atoms. The van der Waals surface area contributed by atoms with Crippen molar-refractivity contribution in [3.05, 3.63) is 28.8 Å². The largest absolute Gasteiger partial charge is 0.462 e. The summed E-state index contributed by atoms with van der Waals surface area (Å²) in [5, 5.41) is 8.95. The molecule has 0 unspecified atom stereocenters. The van der Waals surface area contributed by atoms with Gasteiger partial charge in [-0.05, 0) is 19.1 Å². The molecule has 0 radical (unpaired) electrons. The summed E-state index contributed by atoms with van der Waals surface area (Å²) in [5.74, 6) is -1.51. The van der Waals surface area contributed by atoms with Crippen molar-refractivity contribution < 1.29 is 27.8 Å². The molecule has 0 amide bonds. The van der Waals surface area contributed by atoms with E-state index in [1.54, 1.807) is 6.07 Å². The van der Waals surface area contributed by atoms with E-state index < -0.39 is 23.9 Å². The highest BCUT2D eigenvalue weighted by Crippen LogP contribution is 2.27. The molecule has 0 heterocycles. The lowest BCUT2D eigenvalue weighted by molar-refractivity contribution is -0.0504. The number of carbonyl (C=O) groups is 2. The number of alkyl halides is 2. The van der Waals surface area contributed by atoms with Crippen LogP contribution in [-0.2, 0) is 4.74 Å². The maximum absolute atomic E-state index is 12.2. The molecule has 100 valence electrons. The molecule has 0 saturated heterocycles. The fourth-order valence-corrected chi connectivity index (χ4v) is 1.42. The number of nitriles is 1. The van der Waals surface area contributed by atoms with Crippen molar-refractivity contribution >= 4 is 12.3 Å². The molecule has 0 aliphatic rings. The van der Waals surface area contributed by atoms with E-state index in [1.807, 2.05) is 0 Å². The van der Waals surface area contributed by atoms with Crippen LogP contribution in [0.4, 0.5) is 8.78 Å². The van der Waals surface area contributed by atoms with Crippen molar-refractivity contribution in [1.82, 2.24) is 0 Å². The summed E-state index contributed by atoms with van der Waals surface area (Å²) in [5.41, 5.74) is -0.937. The van der Waals surface area contributed by atoms with E-state index in [9.17, 15) is 18.4 Å². The number of ether oxygens (including phenoxy) is 2. The molecule has 7 heteroatoms. The monoisotopic (exact) mass is 269 g/mol. The number of aldehydes is 1. The Morgan fingerprint density at radius 1 is 1.53 bits per heavy atom. The van der Waals surface area contributed by atoms with Crippen LogP contribution in [0.1, 0.15) is 33.2 Å². The third-order valence-corrected chi connectivity index (χ3v) is 2.13. The molecule has 1 rings (SSSR count). The van der Waals surface area contributed by atoms with Gasteiger partial charge in [0.05, 0.1) is 12.2 Å². The lowest BCUT2D eigenvalue weighted by Gasteiger charge is -2.12. The first-order chi connectivity index (χ1) is 9.04. The highest BCUT2D eigenvalue weighted by atomic mass is 19.3. The third-order valence-electron chi connectivity index (χ3n) is 2.13. The molecule has 1 aromatic rings. The molecule has 5 nitrogen and oxygen atoms in total. The van der Waals surface area contributed by atoms with Gasteiger partial charge in [-0.3, -0.25) is 4.79 Å². The molecule has 0 saturated carbocycles. The van der Waals surface area contributed by atoms with Gasteiger partial charge >= 0.3 is 12.6 Å². The number of hydrogen-bond donors (Lipinski definition) is 0. The van der Waals surface area contributed by atoms with Gasteiger partial charge in [0.25, 0.3) is 0 Å².